The van der Waals surface area contributed by atoms with Crippen LogP contribution in [0.3, 0.4) is 0 Å². The van der Waals surface area contributed by atoms with Gasteiger partial charge < -0.3 is 15.0 Å². The van der Waals surface area contributed by atoms with E-state index >= 15 is 0 Å². The number of rotatable bonds is 6. The lowest BCUT2D eigenvalue weighted by Gasteiger charge is -2.20. The number of amides is 3. The predicted octanol–water partition coefficient (Wildman–Crippen LogP) is 2.53. The summed E-state index contributed by atoms with van der Waals surface area (Å²) in [5, 5.41) is 2.55. The number of nitrogens with zero attached hydrogens (tertiary/aromatic N) is 2. The first-order valence-corrected chi connectivity index (χ1v) is 8.39. The number of nitrogens with one attached hydrogen (secondary N) is 1. The normalized spacial score (nSPS) is 13.8. The molecule has 0 spiro atoms. The van der Waals surface area contributed by atoms with Gasteiger partial charge in [-0.3, -0.25) is 9.69 Å². The fraction of sp³-hybridized carbons (Fsp3) is 0.263. The summed E-state index contributed by atoms with van der Waals surface area (Å²) in [6.45, 7) is 0.588. The molecule has 142 valence electrons. The van der Waals surface area contributed by atoms with E-state index in [0.717, 1.165) is 12.1 Å². The summed E-state index contributed by atoms with van der Waals surface area (Å²) in [5.74, 6) is -1.26. The van der Waals surface area contributed by atoms with E-state index < -0.39 is 17.5 Å². The zero-order chi connectivity index (χ0) is 19.4. The van der Waals surface area contributed by atoms with Crippen LogP contribution in [0, 0.1) is 11.6 Å². The van der Waals surface area contributed by atoms with Crippen LogP contribution in [0.2, 0.25) is 0 Å². The minimum atomic E-state index is -0.727. The number of anilines is 1. The van der Waals surface area contributed by atoms with Crippen molar-refractivity contribution in [3.05, 3.63) is 59.7 Å². The van der Waals surface area contributed by atoms with E-state index in [1.807, 2.05) is 6.07 Å². The molecule has 0 aliphatic carbocycles. The second kappa shape index (κ2) is 8.03. The second-order valence-electron chi connectivity index (χ2n) is 6.04. The average Bonchev–Trinajstić information content (AvgIpc) is 3.01. The summed E-state index contributed by atoms with van der Waals surface area (Å²) in [7, 11) is 1.53. The molecular weight excluding hydrogens is 356 g/mol. The van der Waals surface area contributed by atoms with E-state index in [0.29, 0.717) is 24.5 Å². The summed E-state index contributed by atoms with van der Waals surface area (Å²) < 4.78 is 31.8. The average molecular weight is 375 g/mol. The Morgan fingerprint density at radius 3 is 2.70 bits per heavy atom. The number of ether oxygens (including phenoxy) is 1. The Labute approximate surface area is 155 Å². The predicted molar refractivity (Wildman–Crippen MR) is 95.5 cm³/mol. The van der Waals surface area contributed by atoms with Gasteiger partial charge in [0.2, 0.25) is 5.91 Å². The van der Waals surface area contributed by atoms with Gasteiger partial charge in [-0.05, 0) is 18.2 Å². The van der Waals surface area contributed by atoms with E-state index in [4.69, 9.17) is 4.74 Å². The van der Waals surface area contributed by atoms with Crippen molar-refractivity contribution in [3.63, 3.8) is 0 Å². The minimum Gasteiger partial charge on any atom is -0.495 e. The Hall–Kier alpha value is -3.16. The van der Waals surface area contributed by atoms with Gasteiger partial charge in [0.25, 0.3) is 0 Å². The Morgan fingerprint density at radius 2 is 1.96 bits per heavy atom. The van der Waals surface area contributed by atoms with Crippen LogP contribution in [0.4, 0.5) is 19.3 Å². The van der Waals surface area contributed by atoms with Gasteiger partial charge in [-0.15, -0.1) is 0 Å². The molecule has 0 unspecified atom stereocenters. The maximum absolute atomic E-state index is 13.6. The van der Waals surface area contributed by atoms with Crippen LogP contribution >= 0.6 is 0 Å². The van der Waals surface area contributed by atoms with Gasteiger partial charge in [0, 0.05) is 31.3 Å². The van der Waals surface area contributed by atoms with Crippen molar-refractivity contribution < 1.29 is 23.1 Å². The first-order valence-electron chi connectivity index (χ1n) is 8.39. The highest BCUT2D eigenvalue weighted by Gasteiger charge is 2.32. The van der Waals surface area contributed by atoms with E-state index in [9.17, 15) is 18.4 Å². The van der Waals surface area contributed by atoms with Crippen molar-refractivity contribution in [2.45, 2.75) is 6.54 Å². The molecule has 2 aromatic carbocycles. The number of benzene rings is 2. The minimum absolute atomic E-state index is 0.0802. The monoisotopic (exact) mass is 375 g/mol. The quantitative estimate of drug-likeness (QED) is 0.844. The lowest BCUT2D eigenvalue weighted by molar-refractivity contribution is -0.121. The van der Waals surface area contributed by atoms with Crippen molar-refractivity contribution in [1.82, 2.24) is 10.2 Å². The number of hydrogen-bond acceptors (Lipinski definition) is 3. The number of carbonyl (C=O) groups is 2. The molecule has 0 atom stereocenters. The number of methoxy groups -OCH3 is 1. The van der Waals surface area contributed by atoms with Crippen LogP contribution in [-0.4, -0.2) is 43.6 Å². The van der Waals surface area contributed by atoms with Crippen LogP contribution in [-0.2, 0) is 11.3 Å². The van der Waals surface area contributed by atoms with E-state index in [1.165, 1.54) is 18.1 Å². The summed E-state index contributed by atoms with van der Waals surface area (Å²) >= 11 is 0. The van der Waals surface area contributed by atoms with Gasteiger partial charge in [-0.25, -0.2) is 13.6 Å². The number of urea groups is 1. The molecule has 1 aliphatic heterocycles. The maximum Gasteiger partial charge on any atom is 0.325 e. The largest absolute Gasteiger partial charge is 0.495 e. The number of hydrogen-bond donors (Lipinski definition) is 1. The molecule has 0 radical (unpaired) electrons. The molecular formula is C19H19F2N3O3. The molecule has 0 aromatic heterocycles. The Balaban J connectivity index is 1.58. The zero-order valence-corrected chi connectivity index (χ0v) is 14.7. The molecule has 0 saturated carbocycles. The summed E-state index contributed by atoms with van der Waals surface area (Å²) in [6, 6.07) is 10.0. The molecule has 1 aliphatic rings. The van der Waals surface area contributed by atoms with Crippen LogP contribution in [0.1, 0.15) is 5.56 Å². The van der Waals surface area contributed by atoms with Crippen LogP contribution in [0.25, 0.3) is 0 Å². The molecule has 3 rings (SSSR count). The summed E-state index contributed by atoms with van der Waals surface area (Å²) in [4.78, 5) is 27.7. The third kappa shape index (κ3) is 4.16. The van der Waals surface area contributed by atoms with Crippen molar-refractivity contribution in [2.24, 2.45) is 0 Å². The van der Waals surface area contributed by atoms with E-state index in [1.54, 1.807) is 23.1 Å². The molecule has 8 heteroatoms. The number of carbonyl (C=O) groups excluding carboxylic acids is 2. The summed E-state index contributed by atoms with van der Waals surface area (Å²) in [6.07, 6.45) is 0. The Bertz CT molecular complexity index is 860. The topological polar surface area (TPSA) is 61.9 Å². The van der Waals surface area contributed by atoms with Crippen molar-refractivity contribution in [2.75, 3.05) is 31.6 Å². The third-order valence-electron chi connectivity index (χ3n) is 4.30. The van der Waals surface area contributed by atoms with E-state index in [2.05, 4.69) is 5.32 Å². The molecule has 0 bridgehead atoms. The third-order valence-corrected chi connectivity index (χ3v) is 4.30. The van der Waals surface area contributed by atoms with Crippen molar-refractivity contribution in [1.29, 1.82) is 0 Å². The SMILES string of the molecule is COc1ccccc1N1CCN(CC(=O)NCc2ccc(F)cc2F)C1=O. The first kappa shape index (κ1) is 18.6. The van der Waals surface area contributed by atoms with Crippen LogP contribution < -0.4 is 15.0 Å². The van der Waals surface area contributed by atoms with Gasteiger partial charge in [-0.2, -0.15) is 0 Å². The Kier molecular flexibility index (Phi) is 5.54. The Morgan fingerprint density at radius 1 is 1.19 bits per heavy atom. The van der Waals surface area contributed by atoms with Gasteiger partial charge in [-0.1, -0.05) is 18.2 Å². The molecule has 1 heterocycles. The first-order chi connectivity index (χ1) is 13.0. The molecule has 1 saturated heterocycles. The van der Waals surface area contributed by atoms with Crippen molar-refractivity contribution in [3.8, 4) is 5.75 Å². The fourth-order valence-electron chi connectivity index (χ4n) is 2.89. The highest BCUT2D eigenvalue weighted by atomic mass is 19.1. The maximum atomic E-state index is 13.6. The lowest BCUT2D eigenvalue weighted by Crippen LogP contribution is -2.39. The van der Waals surface area contributed by atoms with Crippen LogP contribution in [0.15, 0.2) is 42.5 Å². The lowest BCUT2D eigenvalue weighted by atomic mass is 10.2. The molecule has 1 N–H and O–H groups in total. The van der Waals surface area contributed by atoms with Gasteiger partial charge in [0.1, 0.15) is 23.9 Å². The van der Waals surface area contributed by atoms with Crippen molar-refractivity contribution >= 4 is 17.6 Å². The highest BCUT2D eigenvalue weighted by Crippen LogP contribution is 2.30. The van der Waals surface area contributed by atoms with Gasteiger partial charge in [0.05, 0.1) is 12.8 Å². The fourth-order valence-corrected chi connectivity index (χ4v) is 2.89. The zero-order valence-electron chi connectivity index (χ0n) is 14.7. The molecule has 6 nitrogen and oxygen atoms in total. The smallest absolute Gasteiger partial charge is 0.325 e. The number of halogens is 2. The van der Waals surface area contributed by atoms with E-state index in [-0.39, 0.29) is 24.7 Å². The number of para-hydroxylation sites is 2. The molecule has 1 fully saturated rings. The second-order valence-corrected chi connectivity index (χ2v) is 6.04. The molecule has 2 aromatic rings. The van der Waals surface area contributed by atoms with Crippen LogP contribution in [0.5, 0.6) is 5.75 Å². The standard InChI is InChI=1S/C19H19F2N3O3/c1-27-17-5-3-2-4-16(17)24-9-8-23(19(24)26)12-18(25)22-11-13-6-7-14(20)10-15(13)21/h2-7,10H,8-9,11-12H2,1H3,(H,22,25). The highest BCUT2D eigenvalue weighted by molar-refractivity contribution is 5.97. The molecule has 27 heavy (non-hydrogen) atoms. The van der Waals surface area contributed by atoms with Gasteiger partial charge in [0.15, 0.2) is 0 Å². The summed E-state index contributed by atoms with van der Waals surface area (Å²) in [5.41, 5.74) is 0.814. The molecule has 3 amide bonds. The van der Waals surface area contributed by atoms with Gasteiger partial charge >= 0.3 is 6.03 Å².